The quantitative estimate of drug-likeness (QED) is 0.424. The number of carbonyl (C=O) groups excluding carboxylic acids is 2. The molecule has 32 heavy (non-hydrogen) atoms. The van der Waals surface area contributed by atoms with Crippen molar-refractivity contribution in [2.24, 2.45) is 0 Å². The number of rotatable bonds is 6. The van der Waals surface area contributed by atoms with Crippen molar-refractivity contribution in [2.45, 2.75) is 26.8 Å². The van der Waals surface area contributed by atoms with Gasteiger partial charge in [0, 0.05) is 34.2 Å². The van der Waals surface area contributed by atoms with Crippen molar-refractivity contribution >= 4 is 28.8 Å². The van der Waals surface area contributed by atoms with Crippen LogP contribution in [0.1, 0.15) is 50.6 Å². The Hall–Kier alpha value is -3.71. The molecule has 4 aromatic rings. The first-order valence-electron chi connectivity index (χ1n) is 10.3. The van der Waals surface area contributed by atoms with Crippen molar-refractivity contribution < 1.29 is 9.59 Å². The SMILES string of the molecule is Cc1cc(C(=O)NC(C)c2cccc(NC(=O)c3ccccc3)c2)c(C)n1-c1nccs1. The van der Waals surface area contributed by atoms with E-state index in [-0.39, 0.29) is 17.9 Å². The molecule has 4 rings (SSSR count). The Balaban J connectivity index is 1.48. The van der Waals surface area contributed by atoms with Crippen molar-refractivity contribution in [1.82, 2.24) is 14.9 Å². The predicted octanol–water partition coefficient (Wildman–Crippen LogP) is 5.29. The molecule has 2 N–H and O–H groups in total. The van der Waals surface area contributed by atoms with Crippen molar-refractivity contribution in [3.05, 3.63) is 100 Å². The summed E-state index contributed by atoms with van der Waals surface area (Å²) in [4.78, 5) is 29.8. The highest BCUT2D eigenvalue weighted by molar-refractivity contribution is 7.12. The normalized spacial score (nSPS) is 11.7. The van der Waals surface area contributed by atoms with Crippen molar-refractivity contribution in [1.29, 1.82) is 0 Å². The number of carbonyl (C=O) groups is 2. The number of hydrogen-bond donors (Lipinski definition) is 2. The molecule has 0 bridgehead atoms. The van der Waals surface area contributed by atoms with Gasteiger partial charge in [0.15, 0.2) is 5.13 Å². The molecular weight excluding hydrogens is 420 g/mol. The van der Waals surface area contributed by atoms with Gasteiger partial charge in [-0.2, -0.15) is 0 Å². The van der Waals surface area contributed by atoms with E-state index in [2.05, 4.69) is 15.6 Å². The minimum absolute atomic E-state index is 0.146. The highest BCUT2D eigenvalue weighted by Gasteiger charge is 2.20. The Morgan fingerprint density at radius 3 is 2.50 bits per heavy atom. The third-order valence-corrected chi connectivity index (χ3v) is 6.07. The second kappa shape index (κ2) is 9.20. The fourth-order valence-corrected chi connectivity index (χ4v) is 4.40. The minimum Gasteiger partial charge on any atom is -0.345 e. The zero-order valence-corrected chi connectivity index (χ0v) is 18.9. The minimum atomic E-state index is -0.237. The zero-order chi connectivity index (χ0) is 22.7. The van der Waals surface area contributed by atoms with Gasteiger partial charge in [-0.15, -0.1) is 11.3 Å². The molecule has 7 heteroatoms. The number of nitrogens with one attached hydrogen (secondary N) is 2. The molecule has 0 aliphatic rings. The van der Waals surface area contributed by atoms with Crippen LogP contribution in [0, 0.1) is 13.8 Å². The van der Waals surface area contributed by atoms with Crippen molar-refractivity contribution in [2.75, 3.05) is 5.32 Å². The highest BCUT2D eigenvalue weighted by atomic mass is 32.1. The molecule has 2 heterocycles. The van der Waals surface area contributed by atoms with Gasteiger partial charge in [0.1, 0.15) is 0 Å². The zero-order valence-electron chi connectivity index (χ0n) is 18.1. The smallest absolute Gasteiger partial charge is 0.255 e. The molecule has 0 aliphatic carbocycles. The number of amides is 2. The Labute approximate surface area is 190 Å². The molecule has 0 fully saturated rings. The van der Waals surface area contributed by atoms with E-state index in [1.807, 2.05) is 79.2 Å². The van der Waals surface area contributed by atoms with Crippen LogP contribution in [0.2, 0.25) is 0 Å². The van der Waals surface area contributed by atoms with Gasteiger partial charge in [0.2, 0.25) is 0 Å². The lowest BCUT2D eigenvalue weighted by atomic mass is 10.1. The van der Waals surface area contributed by atoms with Crippen molar-refractivity contribution in [3.63, 3.8) is 0 Å². The van der Waals surface area contributed by atoms with Gasteiger partial charge >= 0.3 is 0 Å². The lowest BCUT2D eigenvalue weighted by molar-refractivity contribution is 0.0938. The molecular formula is C25H24N4O2S. The molecule has 0 spiro atoms. The predicted molar refractivity (Wildman–Crippen MR) is 128 cm³/mol. The molecule has 1 atom stereocenters. The van der Waals surface area contributed by atoms with Crippen LogP contribution in [0.5, 0.6) is 0 Å². The van der Waals surface area contributed by atoms with Gasteiger partial charge in [-0.25, -0.2) is 4.98 Å². The summed E-state index contributed by atoms with van der Waals surface area (Å²) in [6, 6.07) is 18.2. The molecule has 2 amide bonds. The van der Waals surface area contributed by atoms with E-state index in [0.29, 0.717) is 16.8 Å². The fraction of sp³-hybridized carbons (Fsp3) is 0.160. The first-order valence-corrected chi connectivity index (χ1v) is 11.2. The fourth-order valence-electron chi connectivity index (χ4n) is 3.65. The first-order chi connectivity index (χ1) is 15.4. The van der Waals surface area contributed by atoms with Crippen LogP contribution in [0.15, 0.2) is 72.2 Å². The second-order valence-corrected chi connectivity index (χ2v) is 8.45. The molecule has 6 nitrogen and oxygen atoms in total. The molecule has 2 aromatic carbocycles. The molecule has 0 saturated heterocycles. The van der Waals surface area contributed by atoms with Gasteiger partial charge < -0.3 is 10.6 Å². The number of hydrogen-bond acceptors (Lipinski definition) is 4. The maximum absolute atomic E-state index is 13.0. The number of anilines is 1. The standard InChI is InChI=1S/C25H24N4O2S/c1-16-14-22(18(3)29(16)25-26-12-13-32-25)24(31)27-17(2)20-10-7-11-21(15-20)28-23(30)19-8-5-4-6-9-19/h4-15,17H,1-3H3,(H,27,31)(H,28,30). The average molecular weight is 445 g/mol. The summed E-state index contributed by atoms with van der Waals surface area (Å²) in [5.74, 6) is -0.318. The summed E-state index contributed by atoms with van der Waals surface area (Å²) < 4.78 is 1.99. The maximum Gasteiger partial charge on any atom is 0.255 e. The van der Waals surface area contributed by atoms with Gasteiger partial charge in [0.25, 0.3) is 11.8 Å². The monoisotopic (exact) mass is 444 g/mol. The lowest BCUT2D eigenvalue weighted by Gasteiger charge is -2.16. The van der Waals surface area contributed by atoms with Gasteiger partial charge in [0.05, 0.1) is 11.6 Å². The van der Waals surface area contributed by atoms with E-state index in [4.69, 9.17) is 0 Å². The van der Waals surface area contributed by atoms with Gasteiger partial charge in [-0.05, 0) is 56.7 Å². The number of aryl methyl sites for hydroxylation is 1. The summed E-state index contributed by atoms with van der Waals surface area (Å²) in [6.45, 7) is 5.82. The summed E-state index contributed by atoms with van der Waals surface area (Å²) in [5.41, 5.74) is 4.61. The van der Waals surface area contributed by atoms with Crippen molar-refractivity contribution in [3.8, 4) is 5.13 Å². The van der Waals surface area contributed by atoms with Crippen LogP contribution in [0.4, 0.5) is 5.69 Å². The van der Waals surface area contributed by atoms with E-state index < -0.39 is 0 Å². The third-order valence-electron chi connectivity index (χ3n) is 5.31. The lowest BCUT2D eigenvalue weighted by Crippen LogP contribution is -2.27. The van der Waals surface area contributed by atoms with Gasteiger partial charge in [-0.3, -0.25) is 14.2 Å². The van der Waals surface area contributed by atoms with Crippen LogP contribution >= 0.6 is 11.3 Å². The number of aromatic nitrogens is 2. The van der Waals surface area contributed by atoms with Crippen LogP contribution < -0.4 is 10.6 Å². The van der Waals surface area contributed by atoms with E-state index in [0.717, 1.165) is 22.1 Å². The van der Waals surface area contributed by atoms with E-state index in [1.165, 1.54) is 11.3 Å². The Morgan fingerprint density at radius 2 is 1.78 bits per heavy atom. The van der Waals surface area contributed by atoms with Gasteiger partial charge in [-0.1, -0.05) is 30.3 Å². The van der Waals surface area contributed by atoms with Crippen LogP contribution in [-0.4, -0.2) is 21.4 Å². The third kappa shape index (κ3) is 4.48. The first kappa shape index (κ1) is 21.5. The van der Waals surface area contributed by atoms with E-state index in [9.17, 15) is 9.59 Å². The molecule has 0 saturated carbocycles. The van der Waals surface area contributed by atoms with Crippen LogP contribution in [0.3, 0.4) is 0 Å². The van der Waals surface area contributed by atoms with Crippen LogP contribution in [-0.2, 0) is 0 Å². The number of nitrogens with zero attached hydrogens (tertiary/aromatic N) is 2. The summed E-state index contributed by atoms with van der Waals surface area (Å²) in [6.07, 6.45) is 1.75. The summed E-state index contributed by atoms with van der Waals surface area (Å²) in [7, 11) is 0. The average Bonchev–Trinajstić information content (AvgIpc) is 3.42. The molecule has 2 aromatic heterocycles. The second-order valence-electron chi connectivity index (χ2n) is 7.58. The van der Waals surface area contributed by atoms with Crippen LogP contribution in [0.25, 0.3) is 5.13 Å². The molecule has 162 valence electrons. The summed E-state index contributed by atoms with van der Waals surface area (Å²) >= 11 is 1.53. The topological polar surface area (TPSA) is 76.0 Å². The molecule has 0 aliphatic heterocycles. The number of thiazole rings is 1. The maximum atomic E-state index is 13.0. The Kier molecular flexibility index (Phi) is 6.18. The number of benzene rings is 2. The molecule has 1 unspecified atom stereocenters. The Morgan fingerprint density at radius 1 is 1.00 bits per heavy atom. The summed E-state index contributed by atoms with van der Waals surface area (Å²) in [5, 5.41) is 8.74. The Bertz CT molecular complexity index is 1250. The highest BCUT2D eigenvalue weighted by Crippen LogP contribution is 2.24. The van der Waals surface area contributed by atoms with E-state index >= 15 is 0 Å². The van der Waals surface area contributed by atoms with E-state index in [1.54, 1.807) is 18.3 Å². The largest absolute Gasteiger partial charge is 0.345 e. The molecule has 0 radical (unpaired) electrons.